The van der Waals surface area contributed by atoms with Crippen LogP contribution >= 0.6 is 11.8 Å². The van der Waals surface area contributed by atoms with Crippen molar-refractivity contribution in [1.82, 2.24) is 14.5 Å². The molecule has 0 unspecified atom stereocenters. The Kier molecular flexibility index (Phi) is 6.85. The first-order valence-electron chi connectivity index (χ1n) is 8.83. The molecule has 0 N–H and O–H groups in total. The molecular formula is C20H29N3OS. The van der Waals surface area contributed by atoms with Crippen molar-refractivity contribution in [3.05, 3.63) is 46.8 Å². The van der Waals surface area contributed by atoms with Crippen molar-refractivity contribution >= 4 is 22.7 Å². The van der Waals surface area contributed by atoms with Crippen LogP contribution in [0.3, 0.4) is 0 Å². The summed E-state index contributed by atoms with van der Waals surface area (Å²) in [5.74, 6) is 0.767. The van der Waals surface area contributed by atoms with E-state index in [9.17, 15) is 4.79 Å². The Morgan fingerprint density at radius 3 is 2.48 bits per heavy atom. The van der Waals surface area contributed by atoms with Crippen molar-refractivity contribution in [1.29, 1.82) is 0 Å². The van der Waals surface area contributed by atoms with E-state index >= 15 is 0 Å². The molecule has 136 valence electrons. The zero-order chi connectivity index (χ0) is 18.6. The maximum atomic E-state index is 13.0. The highest BCUT2D eigenvalue weighted by Gasteiger charge is 2.16. The third-order valence-electron chi connectivity index (χ3n) is 4.18. The van der Waals surface area contributed by atoms with Gasteiger partial charge in [0.05, 0.1) is 10.9 Å². The number of hydrogen-bond acceptors (Lipinski definition) is 4. The van der Waals surface area contributed by atoms with Crippen LogP contribution in [0, 0.1) is 0 Å². The van der Waals surface area contributed by atoms with Gasteiger partial charge >= 0.3 is 0 Å². The number of fused-ring (bicyclic) bond motifs is 1. The van der Waals surface area contributed by atoms with Crippen LogP contribution in [-0.2, 0) is 6.54 Å². The molecular weight excluding hydrogens is 330 g/mol. The second kappa shape index (κ2) is 8.68. The van der Waals surface area contributed by atoms with Crippen molar-refractivity contribution in [2.75, 3.05) is 12.3 Å². The molecule has 0 saturated heterocycles. The predicted octanol–water partition coefficient (Wildman–Crippen LogP) is 4.18. The Morgan fingerprint density at radius 1 is 1.24 bits per heavy atom. The minimum Gasteiger partial charge on any atom is -0.297 e. The van der Waals surface area contributed by atoms with E-state index in [2.05, 4.69) is 39.2 Å². The predicted molar refractivity (Wildman–Crippen MR) is 109 cm³/mol. The summed E-state index contributed by atoms with van der Waals surface area (Å²) in [5, 5.41) is 1.46. The van der Waals surface area contributed by atoms with Gasteiger partial charge in [-0.2, -0.15) is 0 Å². The van der Waals surface area contributed by atoms with Crippen LogP contribution in [0.5, 0.6) is 0 Å². The van der Waals surface area contributed by atoms with E-state index in [4.69, 9.17) is 4.98 Å². The van der Waals surface area contributed by atoms with Gasteiger partial charge in [-0.1, -0.05) is 36.0 Å². The maximum absolute atomic E-state index is 13.0. The number of hydrogen-bond donors (Lipinski definition) is 0. The topological polar surface area (TPSA) is 38.1 Å². The van der Waals surface area contributed by atoms with E-state index in [1.54, 1.807) is 11.8 Å². The third-order valence-corrected chi connectivity index (χ3v) is 5.39. The van der Waals surface area contributed by atoms with Gasteiger partial charge < -0.3 is 0 Å². The van der Waals surface area contributed by atoms with Crippen molar-refractivity contribution in [2.45, 2.75) is 58.4 Å². The lowest BCUT2D eigenvalue weighted by Gasteiger charge is -2.30. The van der Waals surface area contributed by atoms with Gasteiger partial charge in [-0.3, -0.25) is 14.3 Å². The van der Waals surface area contributed by atoms with Crippen LogP contribution in [0.15, 0.2) is 46.4 Å². The summed E-state index contributed by atoms with van der Waals surface area (Å²) in [6, 6.07) is 8.46. The lowest BCUT2D eigenvalue weighted by atomic mass is 10.2. The van der Waals surface area contributed by atoms with Crippen LogP contribution in [0.1, 0.15) is 34.6 Å². The van der Waals surface area contributed by atoms with Crippen molar-refractivity contribution < 1.29 is 0 Å². The zero-order valence-corrected chi connectivity index (χ0v) is 16.8. The first-order chi connectivity index (χ1) is 11.8. The quantitative estimate of drug-likeness (QED) is 0.402. The average molecular weight is 360 g/mol. The number of benzene rings is 1. The highest BCUT2D eigenvalue weighted by Crippen LogP contribution is 2.20. The molecule has 1 aromatic heterocycles. The molecule has 25 heavy (non-hydrogen) atoms. The molecule has 0 aliphatic heterocycles. The summed E-state index contributed by atoms with van der Waals surface area (Å²) in [5.41, 5.74) is 1.88. The Morgan fingerprint density at radius 2 is 1.88 bits per heavy atom. The van der Waals surface area contributed by atoms with Gasteiger partial charge in [-0.05, 0) is 46.8 Å². The van der Waals surface area contributed by atoms with E-state index in [1.165, 1.54) is 0 Å². The second-order valence-corrected chi connectivity index (χ2v) is 7.98. The SMILES string of the molecule is C=C(C)CSc1nc2ccccc2c(=O)n1CCN(C(C)C)C(C)C. The first-order valence-corrected chi connectivity index (χ1v) is 9.82. The summed E-state index contributed by atoms with van der Waals surface area (Å²) < 4.78 is 1.83. The lowest BCUT2D eigenvalue weighted by molar-refractivity contribution is 0.166. The molecule has 0 bridgehead atoms. The highest BCUT2D eigenvalue weighted by molar-refractivity contribution is 7.99. The molecule has 5 heteroatoms. The standard InChI is InChI=1S/C20H29N3OS/c1-14(2)13-25-20-21-18-10-8-7-9-17(18)19(24)23(20)12-11-22(15(3)4)16(5)6/h7-10,15-16H,1,11-13H2,2-6H3. The summed E-state index contributed by atoms with van der Waals surface area (Å²) in [7, 11) is 0. The number of aromatic nitrogens is 2. The molecule has 0 fully saturated rings. The van der Waals surface area contributed by atoms with Crippen LogP contribution in [0.2, 0.25) is 0 Å². The van der Waals surface area contributed by atoms with E-state index in [0.717, 1.165) is 28.5 Å². The molecule has 0 radical (unpaired) electrons. The van der Waals surface area contributed by atoms with E-state index < -0.39 is 0 Å². The number of nitrogens with zero attached hydrogens (tertiary/aromatic N) is 3. The largest absolute Gasteiger partial charge is 0.297 e. The number of rotatable bonds is 8. The fourth-order valence-corrected chi connectivity index (χ4v) is 3.84. The summed E-state index contributed by atoms with van der Waals surface area (Å²) in [6.45, 7) is 16.2. The fourth-order valence-electron chi connectivity index (χ4n) is 2.97. The molecule has 1 heterocycles. The van der Waals surface area contributed by atoms with Gasteiger partial charge in [0.2, 0.25) is 0 Å². The van der Waals surface area contributed by atoms with Gasteiger partial charge in [0, 0.05) is 30.9 Å². The smallest absolute Gasteiger partial charge is 0.262 e. The second-order valence-electron chi connectivity index (χ2n) is 7.04. The molecule has 0 aliphatic carbocycles. The van der Waals surface area contributed by atoms with Crippen LogP contribution in [0.25, 0.3) is 10.9 Å². The van der Waals surface area contributed by atoms with E-state index in [0.29, 0.717) is 24.0 Å². The maximum Gasteiger partial charge on any atom is 0.262 e. The number of thioether (sulfide) groups is 1. The van der Waals surface area contributed by atoms with E-state index in [-0.39, 0.29) is 5.56 Å². The Labute approximate surface area is 154 Å². The van der Waals surface area contributed by atoms with Crippen LogP contribution in [0.4, 0.5) is 0 Å². The monoisotopic (exact) mass is 359 g/mol. The van der Waals surface area contributed by atoms with Crippen LogP contribution in [-0.4, -0.2) is 38.8 Å². The van der Waals surface area contributed by atoms with Gasteiger partial charge in [0.25, 0.3) is 5.56 Å². The summed E-state index contributed by atoms with van der Waals surface area (Å²) in [6.07, 6.45) is 0. The van der Waals surface area contributed by atoms with Gasteiger partial charge in [-0.25, -0.2) is 4.98 Å². The number of para-hydroxylation sites is 1. The van der Waals surface area contributed by atoms with Crippen molar-refractivity contribution in [2.24, 2.45) is 0 Å². The molecule has 1 aromatic carbocycles. The lowest BCUT2D eigenvalue weighted by Crippen LogP contribution is -2.40. The third kappa shape index (κ3) is 4.95. The Hall–Kier alpha value is -1.59. The molecule has 2 aromatic rings. The molecule has 0 aliphatic rings. The minimum absolute atomic E-state index is 0.0438. The molecule has 0 saturated carbocycles. The Bertz CT molecular complexity index is 787. The first kappa shape index (κ1) is 19.7. The van der Waals surface area contributed by atoms with Crippen molar-refractivity contribution in [3.8, 4) is 0 Å². The highest BCUT2D eigenvalue weighted by atomic mass is 32.2. The molecule has 2 rings (SSSR count). The molecule has 4 nitrogen and oxygen atoms in total. The Balaban J connectivity index is 2.40. The zero-order valence-electron chi connectivity index (χ0n) is 16.0. The molecule has 0 atom stereocenters. The normalized spacial score (nSPS) is 11.8. The summed E-state index contributed by atoms with van der Waals surface area (Å²) in [4.78, 5) is 20.2. The summed E-state index contributed by atoms with van der Waals surface area (Å²) >= 11 is 1.59. The molecule has 0 amide bonds. The van der Waals surface area contributed by atoms with Gasteiger partial charge in [0.1, 0.15) is 0 Å². The van der Waals surface area contributed by atoms with E-state index in [1.807, 2.05) is 35.8 Å². The van der Waals surface area contributed by atoms with Gasteiger partial charge in [-0.15, -0.1) is 0 Å². The fraction of sp³-hybridized carbons (Fsp3) is 0.500. The average Bonchev–Trinajstić information content (AvgIpc) is 2.54. The molecule has 0 spiro atoms. The minimum atomic E-state index is 0.0438. The van der Waals surface area contributed by atoms with Gasteiger partial charge in [0.15, 0.2) is 5.16 Å². The van der Waals surface area contributed by atoms with Crippen molar-refractivity contribution in [3.63, 3.8) is 0 Å². The van der Waals surface area contributed by atoms with Crippen LogP contribution < -0.4 is 5.56 Å².